The second-order valence-electron chi connectivity index (χ2n) is 2.79. The van der Waals surface area contributed by atoms with Crippen LogP contribution in [0.5, 0.6) is 0 Å². The summed E-state index contributed by atoms with van der Waals surface area (Å²) < 4.78 is 1.45. The van der Waals surface area contributed by atoms with Crippen molar-refractivity contribution in [2.75, 3.05) is 6.54 Å². The van der Waals surface area contributed by atoms with E-state index in [4.69, 9.17) is 5.73 Å². The maximum atomic E-state index is 11.7. The highest BCUT2D eigenvalue weighted by molar-refractivity contribution is 5.71. The number of hydrogen-bond donors (Lipinski definition) is 1. The van der Waals surface area contributed by atoms with Crippen LogP contribution < -0.4 is 11.3 Å². The van der Waals surface area contributed by atoms with Crippen molar-refractivity contribution in [1.29, 1.82) is 0 Å². The van der Waals surface area contributed by atoms with E-state index < -0.39 is 0 Å². The summed E-state index contributed by atoms with van der Waals surface area (Å²) in [5, 5.41) is 0.420. The van der Waals surface area contributed by atoms with Crippen LogP contribution in [0.1, 0.15) is 0 Å². The lowest BCUT2D eigenvalue weighted by molar-refractivity contribution is 0.672. The molecule has 2 N–H and O–H groups in total. The van der Waals surface area contributed by atoms with Crippen molar-refractivity contribution in [2.24, 2.45) is 5.73 Å². The van der Waals surface area contributed by atoms with E-state index in [0.29, 0.717) is 24.1 Å². The minimum Gasteiger partial charge on any atom is -0.329 e. The van der Waals surface area contributed by atoms with Gasteiger partial charge in [0.15, 0.2) is 5.65 Å². The van der Waals surface area contributed by atoms with E-state index >= 15 is 0 Å². The molecule has 0 aliphatic heterocycles. The molecule has 0 saturated carbocycles. The van der Waals surface area contributed by atoms with Crippen LogP contribution in [-0.2, 0) is 6.54 Å². The van der Waals surface area contributed by atoms with Crippen LogP contribution in [0, 0.1) is 0 Å². The maximum absolute atomic E-state index is 11.7. The van der Waals surface area contributed by atoms with Gasteiger partial charge in [0.1, 0.15) is 18.0 Å². The number of fused-ring (bicyclic) bond motifs is 1. The maximum Gasteiger partial charge on any atom is 0.264 e. The largest absolute Gasteiger partial charge is 0.329 e. The zero-order chi connectivity index (χ0) is 9.97. The van der Waals surface area contributed by atoms with Gasteiger partial charge in [-0.15, -0.1) is 0 Å². The van der Waals surface area contributed by atoms with E-state index in [1.165, 1.54) is 23.4 Å². The van der Waals surface area contributed by atoms with E-state index in [1.807, 2.05) is 0 Å². The average Bonchev–Trinajstić information content (AvgIpc) is 2.23. The van der Waals surface area contributed by atoms with Gasteiger partial charge in [0.2, 0.25) is 0 Å². The zero-order valence-electron chi connectivity index (χ0n) is 7.42. The Morgan fingerprint density at radius 1 is 1.43 bits per heavy atom. The Kier molecular flexibility index (Phi) is 2.19. The van der Waals surface area contributed by atoms with Crippen molar-refractivity contribution in [3.05, 3.63) is 29.2 Å². The highest BCUT2D eigenvalue weighted by Crippen LogP contribution is 1.97. The van der Waals surface area contributed by atoms with Crippen LogP contribution >= 0.6 is 0 Å². The monoisotopic (exact) mass is 191 g/mol. The summed E-state index contributed by atoms with van der Waals surface area (Å²) in [6.07, 6.45) is 4.28. The van der Waals surface area contributed by atoms with Gasteiger partial charge in [0.25, 0.3) is 5.56 Å². The number of hydrogen-bond acceptors (Lipinski definition) is 5. The topological polar surface area (TPSA) is 86.7 Å². The molecule has 2 rings (SSSR count). The highest BCUT2D eigenvalue weighted by Gasteiger charge is 2.03. The summed E-state index contributed by atoms with van der Waals surface area (Å²) in [7, 11) is 0. The molecule has 0 atom stereocenters. The van der Waals surface area contributed by atoms with Gasteiger partial charge in [-0.1, -0.05) is 0 Å². The van der Waals surface area contributed by atoms with E-state index in [1.54, 1.807) is 0 Å². The molecule has 0 unspecified atom stereocenters. The Bertz CT molecular complexity index is 506. The van der Waals surface area contributed by atoms with Crippen molar-refractivity contribution >= 4 is 11.0 Å². The number of aromatic nitrogens is 4. The smallest absolute Gasteiger partial charge is 0.264 e. The quantitative estimate of drug-likeness (QED) is 0.667. The van der Waals surface area contributed by atoms with E-state index in [9.17, 15) is 4.79 Å². The predicted octanol–water partition coefficient (Wildman–Crippen LogP) is -0.855. The van der Waals surface area contributed by atoms with Crippen molar-refractivity contribution in [3.8, 4) is 0 Å². The lowest BCUT2D eigenvalue weighted by Crippen LogP contribution is -2.24. The molecule has 2 heterocycles. The fraction of sp³-hybridized carbons (Fsp3) is 0.250. The molecule has 2 aromatic heterocycles. The standard InChI is InChI=1S/C8H9N5O/c9-1-2-13-5-12-7-6(8(13)14)3-10-4-11-7/h3-5H,1-2,9H2. The first-order valence-corrected chi connectivity index (χ1v) is 4.18. The molecular formula is C8H9N5O. The average molecular weight is 191 g/mol. The van der Waals surface area contributed by atoms with Gasteiger partial charge in [-0.2, -0.15) is 0 Å². The first-order chi connectivity index (χ1) is 6.83. The Morgan fingerprint density at radius 2 is 2.29 bits per heavy atom. The second-order valence-corrected chi connectivity index (χ2v) is 2.79. The van der Waals surface area contributed by atoms with E-state index in [2.05, 4.69) is 15.0 Å². The molecule has 0 fully saturated rings. The molecule has 72 valence electrons. The van der Waals surface area contributed by atoms with Crippen molar-refractivity contribution in [3.63, 3.8) is 0 Å². The number of rotatable bonds is 2. The van der Waals surface area contributed by atoms with Gasteiger partial charge in [-0.3, -0.25) is 9.36 Å². The van der Waals surface area contributed by atoms with Gasteiger partial charge in [0.05, 0.1) is 0 Å². The lowest BCUT2D eigenvalue weighted by atomic mass is 10.4. The summed E-state index contributed by atoms with van der Waals surface area (Å²) in [5.74, 6) is 0. The molecule has 0 radical (unpaired) electrons. The molecule has 0 aliphatic rings. The number of nitrogens with two attached hydrogens (primary N) is 1. The van der Waals surface area contributed by atoms with Crippen LogP contribution in [0.2, 0.25) is 0 Å². The molecule has 0 saturated heterocycles. The Labute approximate surface area is 79.4 Å². The Morgan fingerprint density at radius 3 is 3.07 bits per heavy atom. The van der Waals surface area contributed by atoms with E-state index in [-0.39, 0.29) is 5.56 Å². The first kappa shape index (κ1) is 8.76. The third-order valence-electron chi connectivity index (χ3n) is 1.87. The fourth-order valence-corrected chi connectivity index (χ4v) is 1.21. The van der Waals surface area contributed by atoms with Gasteiger partial charge in [-0.25, -0.2) is 15.0 Å². The van der Waals surface area contributed by atoms with Crippen LogP contribution in [0.4, 0.5) is 0 Å². The number of nitrogens with zero attached hydrogens (tertiary/aromatic N) is 4. The lowest BCUT2D eigenvalue weighted by Gasteiger charge is -2.02. The fourth-order valence-electron chi connectivity index (χ4n) is 1.21. The molecule has 14 heavy (non-hydrogen) atoms. The molecule has 0 bridgehead atoms. The third kappa shape index (κ3) is 1.35. The normalized spacial score (nSPS) is 10.6. The van der Waals surface area contributed by atoms with Crippen LogP contribution in [-0.4, -0.2) is 26.1 Å². The molecular weight excluding hydrogens is 182 g/mol. The molecule has 6 heteroatoms. The van der Waals surface area contributed by atoms with Crippen LogP contribution in [0.25, 0.3) is 11.0 Å². The molecule has 0 aromatic carbocycles. The second kappa shape index (κ2) is 3.51. The summed E-state index contributed by atoms with van der Waals surface area (Å²) in [6.45, 7) is 0.859. The van der Waals surface area contributed by atoms with E-state index in [0.717, 1.165) is 0 Å². The van der Waals surface area contributed by atoms with Crippen LogP contribution in [0.15, 0.2) is 23.6 Å². The van der Waals surface area contributed by atoms with Gasteiger partial charge in [0, 0.05) is 19.3 Å². The summed E-state index contributed by atoms with van der Waals surface area (Å²) in [5.41, 5.74) is 5.62. The Hall–Kier alpha value is -1.82. The Balaban J connectivity index is 2.69. The minimum atomic E-state index is -0.152. The predicted molar refractivity (Wildman–Crippen MR) is 50.6 cm³/mol. The zero-order valence-corrected chi connectivity index (χ0v) is 7.42. The minimum absolute atomic E-state index is 0.152. The van der Waals surface area contributed by atoms with Crippen molar-refractivity contribution in [1.82, 2.24) is 19.5 Å². The molecule has 6 nitrogen and oxygen atoms in total. The summed E-state index contributed by atoms with van der Waals surface area (Å²) >= 11 is 0. The van der Waals surface area contributed by atoms with Gasteiger partial charge >= 0.3 is 0 Å². The molecule has 0 spiro atoms. The molecule has 0 amide bonds. The summed E-state index contributed by atoms with van der Waals surface area (Å²) in [4.78, 5) is 23.4. The van der Waals surface area contributed by atoms with Crippen LogP contribution in [0.3, 0.4) is 0 Å². The van der Waals surface area contributed by atoms with Crippen molar-refractivity contribution in [2.45, 2.75) is 6.54 Å². The van der Waals surface area contributed by atoms with Gasteiger partial charge in [-0.05, 0) is 0 Å². The third-order valence-corrected chi connectivity index (χ3v) is 1.87. The first-order valence-electron chi connectivity index (χ1n) is 4.18. The highest BCUT2D eigenvalue weighted by atomic mass is 16.1. The van der Waals surface area contributed by atoms with Gasteiger partial charge < -0.3 is 5.73 Å². The molecule has 0 aliphatic carbocycles. The molecule has 2 aromatic rings. The van der Waals surface area contributed by atoms with Crippen molar-refractivity contribution < 1.29 is 0 Å². The summed E-state index contributed by atoms with van der Waals surface area (Å²) in [6, 6.07) is 0. The SMILES string of the molecule is NCCn1cnc2ncncc2c1=O.